The Morgan fingerprint density at radius 2 is 2.00 bits per heavy atom. The number of nitrogens with one attached hydrogen (secondary N) is 1. The average molecular weight is 258 g/mol. The Bertz CT molecular complexity index is 551. The highest BCUT2D eigenvalue weighted by molar-refractivity contribution is 5.91. The number of aromatic nitrogens is 1. The van der Waals surface area contributed by atoms with Gasteiger partial charge in [-0.05, 0) is 31.4 Å². The fraction of sp³-hybridized carbons (Fsp3) is 0.438. The van der Waals surface area contributed by atoms with Gasteiger partial charge in [-0.3, -0.25) is 4.98 Å². The first-order valence-electron chi connectivity index (χ1n) is 6.84. The lowest BCUT2D eigenvalue weighted by Crippen LogP contribution is -2.25. The molecule has 0 spiro atoms. The summed E-state index contributed by atoms with van der Waals surface area (Å²) in [6.45, 7) is 6.47. The van der Waals surface area contributed by atoms with Crippen molar-refractivity contribution in [3.63, 3.8) is 0 Å². The molecule has 1 aromatic carbocycles. The van der Waals surface area contributed by atoms with Crippen molar-refractivity contribution in [2.24, 2.45) is 5.92 Å². The van der Waals surface area contributed by atoms with Gasteiger partial charge in [0, 0.05) is 22.8 Å². The lowest BCUT2D eigenvalue weighted by atomic mass is 10.0. The quantitative estimate of drug-likeness (QED) is 0.864. The van der Waals surface area contributed by atoms with Gasteiger partial charge < -0.3 is 10.4 Å². The molecule has 0 aliphatic rings. The number of aryl methyl sites for hydroxylation is 1. The van der Waals surface area contributed by atoms with E-state index in [0.29, 0.717) is 5.92 Å². The van der Waals surface area contributed by atoms with E-state index >= 15 is 0 Å². The van der Waals surface area contributed by atoms with Gasteiger partial charge >= 0.3 is 0 Å². The SMILES string of the molecule is Cc1cc(NC(CO)CC(C)C)c2ccccc2n1. The van der Waals surface area contributed by atoms with Crippen LogP contribution in [0.4, 0.5) is 5.69 Å². The molecule has 1 aromatic heterocycles. The molecule has 3 heteroatoms. The van der Waals surface area contributed by atoms with Crippen molar-refractivity contribution in [3.8, 4) is 0 Å². The van der Waals surface area contributed by atoms with E-state index in [0.717, 1.165) is 28.7 Å². The van der Waals surface area contributed by atoms with Gasteiger partial charge in [0.25, 0.3) is 0 Å². The van der Waals surface area contributed by atoms with Crippen LogP contribution in [0.25, 0.3) is 10.9 Å². The second-order valence-corrected chi connectivity index (χ2v) is 5.48. The molecule has 0 aliphatic carbocycles. The minimum Gasteiger partial charge on any atom is -0.394 e. The van der Waals surface area contributed by atoms with Crippen LogP contribution in [-0.4, -0.2) is 22.7 Å². The first-order valence-corrected chi connectivity index (χ1v) is 6.84. The summed E-state index contributed by atoms with van der Waals surface area (Å²) in [4.78, 5) is 4.53. The number of pyridine rings is 1. The molecule has 0 saturated heterocycles. The van der Waals surface area contributed by atoms with E-state index in [1.165, 1.54) is 0 Å². The van der Waals surface area contributed by atoms with E-state index < -0.39 is 0 Å². The summed E-state index contributed by atoms with van der Waals surface area (Å²) < 4.78 is 0. The predicted octanol–water partition coefficient (Wildman–Crippen LogP) is 3.36. The van der Waals surface area contributed by atoms with Crippen LogP contribution in [0, 0.1) is 12.8 Å². The van der Waals surface area contributed by atoms with Crippen molar-refractivity contribution < 1.29 is 5.11 Å². The van der Waals surface area contributed by atoms with Crippen LogP contribution < -0.4 is 5.32 Å². The molecule has 0 amide bonds. The zero-order chi connectivity index (χ0) is 13.8. The maximum atomic E-state index is 9.50. The number of aliphatic hydroxyl groups excluding tert-OH is 1. The van der Waals surface area contributed by atoms with E-state index in [1.807, 2.05) is 31.2 Å². The van der Waals surface area contributed by atoms with Crippen molar-refractivity contribution in [1.29, 1.82) is 0 Å². The van der Waals surface area contributed by atoms with E-state index in [2.05, 4.69) is 30.2 Å². The molecule has 1 unspecified atom stereocenters. The Hall–Kier alpha value is -1.61. The van der Waals surface area contributed by atoms with Crippen molar-refractivity contribution in [2.45, 2.75) is 33.2 Å². The van der Waals surface area contributed by atoms with Gasteiger partial charge in [0.1, 0.15) is 0 Å². The number of para-hydroxylation sites is 1. The van der Waals surface area contributed by atoms with Crippen LogP contribution in [0.2, 0.25) is 0 Å². The zero-order valence-corrected chi connectivity index (χ0v) is 11.9. The Labute approximate surface area is 114 Å². The standard InChI is InChI=1S/C16H22N2O/c1-11(2)8-13(10-19)18-16-9-12(3)17-15-7-5-4-6-14(15)16/h4-7,9,11,13,19H,8,10H2,1-3H3,(H,17,18). The van der Waals surface area contributed by atoms with Crippen LogP contribution >= 0.6 is 0 Å². The highest BCUT2D eigenvalue weighted by Crippen LogP contribution is 2.24. The molecule has 0 saturated carbocycles. The fourth-order valence-electron chi connectivity index (χ4n) is 2.40. The number of aliphatic hydroxyl groups is 1. The summed E-state index contributed by atoms with van der Waals surface area (Å²) >= 11 is 0. The van der Waals surface area contributed by atoms with Gasteiger partial charge in [-0.25, -0.2) is 0 Å². The monoisotopic (exact) mass is 258 g/mol. The third-order valence-electron chi connectivity index (χ3n) is 3.18. The number of fused-ring (bicyclic) bond motifs is 1. The van der Waals surface area contributed by atoms with Crippen molar-refractivity contribution in [1.82, 2.24) is 4.98 Å². The number of rotatable bonds is 5. The first-order chi connectivity index (χ1) is 9.10. The number of anilines is 1. The van der Waals surface area contributed by atoms with E-state index in [-0.39, 0.29) is 12.6 Å². The number of benzene rings is 1. The molecule has 0 fully saturated rings. The van der Waals surface area contributed by atoms with Crippen molar-refractivity contribution >= 4 is 16.6 Å². The number of hydrogen-bond donors (Lipinski definition) is 2. The minimum absolute atomic E-state index is 0.0882. The molecule has 1 atom stereocenters. The molecule has 3 nitrogen and oxygen atoms in total. The first kappa shape index (κ1) is 13.8. The van der Waals surface area contributed by atoms with Crippen LogP contribution in [0.3, 0.4) is 0 Å². The van der Waals surface area contributed by atoms with Crippen molar-refractivity contribution in [2.75, 3.05) is 11.9 Å². The van der Waals surface area contributed by atoms with Crippen LogP contribution in [-0.2, 0) is 0 Å². The van der Waals surface area contributed by atoms with Crippen LogP contribution in [0.5, 0.6) is 0 Å². The summed E-state index contributed by atoms with van der Waals surface area (Å²) in [5.74, 6) is 0.554. The topological polar surface area (TPSA) is 45.1 Å². The fourth-order valence-corrected chi connectivity index (χ4v) is 2.40. The molecule has 102 valence electrons. The highest BCUT2D eigenvalue weighted by Gasteiger charge is 2.12. The van der Waals surface area contributed by atoms with Gasteiger partial charge in [-0.15, -0.1) is 0 Å². The van der Waals surface area contributed by atoms with Gasteiger partial charge in [0.15, 0.2) is 0 Å². The van der Waals surface area contributed by atoms with Gasteiger partial charge in [0.2, 0.25) is 0 Å². The maximum Gasteiger partial charge on any atom is 0.0725 e. The molecular formula is C16H22N2O. The van der Waals surface area contributed by atoms with E-state index in [1.54, 1.807) is 0 Å². The van der Waals surface area contributed by atoms with Crippen LogP contribution in [0.15, 0.2) is 30.3 Å². The lowest BCUT2D eigenvalue weighted by Gasteiger charge is -2.21. The van der Waals surface area contributed by atoms with E-state index in [9.17, 15) is 5.11 Å². The number of hydrogen-bond acceptors (Lipinski definition) is 3. The maximum absolute atomic E-state index is 9.50. The third-order valence-corrected chi connectivity index (χ3v) is 3.18. The predicted molar refractivity (Wildman–Crippen MR) is 80.4 cm³/mol. The normalized spacial score (nSPS) is 12.9. The average Bonchev–Trinajstić information content (AvgIpc) is 2.37. The Morgan fingerprint density at radius 1 is 1.26 bits per heavy atom. The van der Waals surface area contributed by atoms with Crippen LogP contribution in [0.1, 0.15) is 26.0 Å². The molecule has 2 aromatic rings. The summed E-state index contributed by atoms with van der Waals surface area (Å²) in [5.41, 5.74) is 3.04. The largest absolute Gasteiger partial charge is 0.394 e. The molecular weight excluding hydrogens is 236 g/mol. The van der Waals surface area contributed by atoms with Gasteiger partial charge in [0.05, 0.1) is 12.1 Å². The Morgan fingerprint density at radius 3 is 2.68 bits per heavy atom. The molecule has 0 radical (unpaired) electrons. The summed E-state index contributed by atoms with van der Waals surface area (Å²) in [5, 5.41) is 14.1. The molecule has 2 N–H and O–H groups in total. The summed E-state index contributed by atoms with van der Waals surface area (Å²) in [6.07, 6.45) is 0.951. The molecule has 0 bridgehead atoms. The van der Waals surface area contributed by atoms with Gasteiger partial charge in [-0.2, -0.15) is 0 Å². The van der Waals surface area contributed by atoms with Crippen molar-refractivity contribution in [3.05, 3.63) is 36.0 Å². The zero-order valence-electron chi connectivity index (χ0n) is 11.9. The van der Waals surface area contributed by atoms with E-state index in [4.69, 9.17) is 0 Å². The molecule has 1 heterocycles. The highest BCUT2D eigenvalue weighted by atomic mass is 16.3. The number of nitrogens with zero attached hydrogens (tertiary/aromatic N) is 1. The molecule has 19 heavy (non-hydrogen) atoms. The summed E-state index contributed by atoms with van der Waals surface area (Å²) in [7, 11) is 0. The molecule has 0 aliphatic heterocycles. The Balaban J connectivity index is 2.33. The second kappa shape index (κ2) is 6.02. The lowest BCUT2D eigenvalue weighted by molar-refractivity contribution is 0.259. The molecule has 2 rings (SSSR count). The Kier molecular flexibility index (Phi) is 4.38. The van der Waals surface area contributed by atoms with Gasteiger partial charge in [-0.1, -0.05) is 32.0 Å². The second-order valence-electron chi connectivity index (χ2n) is 5.48. The smallest absolute Gasteiger partial charge is 0.0725 e. The summed E-state index contributed by atoms with van der Waals surface area (Å²) in [6, 6.07) is 10.2. The minimum atomic E-state index is 0.0882. The third kappa shape index (κ3) is 3.44.